The summed E-state index contributed by atoms with van der Waals surface area (Å²) in [6.45, 7) is 5.46. The Bertz CT molecular complexity index is 696. The van der Waals surface area contributed by atoms with Gasteiger partial charge in [0, 0.05) is 50.5 Å². The third kappa shape index (κ3) is 4.07. The van der Waals surface area contributed by atoms with Crippen LogP contribution in [0.2, 0.25) is 0 Å². The molecule has 0 aliphatic carbocycles. The predicted octanol–water partition coefficient (Wildman–Crippen LogP) is 1.08. The van der Waals surface area contributed by atoms with Crippen molar-refractivity contribution in [2.45, 2.75) is 43.5 Å². The van der Waals surface area contributed by atoms with E-state index >= 15 is 0 Å². The fourth-order valence-corrected chi connectivity index (χ4v) is 5.28. The highest BCUT2D eigenvalue weighted by atomic mass is 32.2. The largest absolute Gasteiger partial charge is 0.338 e. The number of hydrogen-bond donors (Lipinski definition) is 1. The lowest BCUT2D eigenvalue weighted by Crippen LogP contribution is -2.48. The molecule has 0 bridgehead atoms. The zero-order valence-corrected chi connectivity index (χ0v) is 16.1. The van der Waals surface area contributed by atoms with Gasteiger partial charge < -0.3 is 10.2 Å². The first-order valence-corrected chi connectivity index (χ1v) is 10.9. The summed E-state index contributed by atoms with van der Waals surface area (Å²) in [7, 11) is -3.52. The van der Waals surface area contributed by atoms with Crippen LogP contribution in [-0.2, 0) is 14.8 Å². The number of pyridine rings is 1. The van der Waals surface area contributed by atoms with Gasteiger partial charge in [-0.1, -0.05) is 6.92 Å². The van der Waals surface area contributed by atoms with Crippen LogP contribution in [0, 0.1) is 5.92 Å². The van der Waals surface area contributed by atoms with Crippen molar-refractivity contribution in [3.05, 3.63) is 24.5 Å². The molecule has 0 radical (unpaired) electrons. The highest BCUT2D eigenvalue weighted by Gasteiger charge is 2.36. The summed E-state index contributed by atoms with van der Waals surface area (Å²) < 4.78 is 26.9. The fourth-order valence-electron chi connectivity index (χ4n) is 3.85. The van der Waals surface area contributed by atoms with Crippen LogP contribution in [0.5, 0.6) is 0 Å². The number of sulfonamides is 1. The highest BCUT2D eigenvalue weighted by molar-refractivity contribution is 7.89. The first-order chi connectivity index (χ1) is 12.5. The minimum Gasteiger partial charge on any atom is -0.338 e. The minimum absolute atomic E-state index is 0.0810. The summed E-state index contributed by atoms with van der Waals surface area (Å²) in [4.78, 5) is 19.2. The van der Waals surface area contributed by atoms with Crippen LogP contribution in [0.3, 0.4) is 0 Å². The summed E-state index contributed by atoms with van der Waals surface area (Å²) in [6.07, 6.45) is 6.04. The van der Waals surface area contributed by atoms with Crippen molar-refractivity contribution >= 4 is 15.9 Å². The van der Waals surface area contributed by atoms with Gasteiger partial charge in [0.05, 0.1) is 0 Å². The van der Waals surface area contributed by atoms with Crippen molar-refractivity contribution in [3.8, 4) is 0 Å². The van der Waals surface area contributed by atoms with E-state index in [0.29, 0.717) is 25.9 Å². The molecular weight excluding hydrogens is 352 g/mol. The molecule has 0 aromatic carbocycles. The summed E-state index contributed by atoms with van der Waals surface area (Å²) in [5.41, 5.74) is 0. The van der Waals surface area contributed by atoms with Crippen molar-refractivity contribution < 1.29 is 13.2 Å². The maximum atomic E-state index is 13.0. The second-order valence-corrected chi connectivity index (χ2v) is 8.98. The van der Waals surface area contributed by atoms with Gasteiger partial charge in [-0.05, 0) is 44.4 Å². The first kappa shape index (κ1) is 19.3. The molecule has 2 saturated heterocycles. The normalized spacial score (nSPS) is 22.4. The Morgan fingerprint density at radius 3 is 2.69 bits per heavy atom. The molecule has 3 rings (SSSR count). The topological polar surface area (TPSA) is 82.6 Å². The predicted molar refractivity (Wildman–Crippen MR) is 99.0 cm³/mol. The van der Waals surface area contributed by atoms with Gasteiger partial charge in [-0.3, -0.25) is 9.78 Å². The lowest BCUT2D eigenvalue weighted by Gasteiger charge is -2.36. The zero-order chi connectivity index (χ0) is 18.6. The molecule has 7 nitrogen and oxygen atoms in total. The zero-order valence-electron chi connectivity index (χ0n) is 15.3. The lowest BCUT2D eigenvalue weighted by atomic mass is 9.95. The molecule has 8 heteroatoms. The Hall–Kier alpha value is -1.51. The molecule has 1 unspecified atom stereocenters. The van der Waals surface area contributed by atoms with Crippen LogP contribution < -0.4 is 5.32 Å². The van der Waals surface area contributed by atoms with Crippen LogP contribution in [-0.4, -0.2) is 67.3 Å². The standard InChI is InChI=1S/C18H28N4O3S/c1-2-10-22(16-5-9-20-13-16)18(23)15-6-11-21(12-7-15)26(24,25)17-4-3-8-19-14-17/h3-4,8,14-16,20H,2,5-7,9-13H2,1H3. The third-order valence-corrected chi connectivity index (χ3v) is 7.18. The third-order valence-electron chi connectivity index (χ3n) is 5.30. The van der Waals surface area contributed by atoms with E-state index in [-0.39, 0.29) is 22.8 Å². The number of hydrogen-bond acceptors (Lipinski definition) is 5. The number of rotatable bonds is 6. The van der Waals surface area contributed by atoms with Crippen molar-refractivity contribution in [3.63, 3.8) is 0 Å². The quantitative estimate of drug-likeness (QED) is 0.799. The Labute approximate surface area is 155 Å². The number of nitrogens with zero attached hydrogens (tertiary/aromatic N) is 3. The number of aromatic nitrogens is 1. The molecular formula is C18H28N4O3S. The van der Waals surface area contributed by atoms with Gasteiger partial charge in [0.1, 0.15) is 4.90 Å². The number of nitrogens with one attached hydrogen (secondary N) is 1. The van der Waals surface area contributed by atoms with Crippen LogP contribution >= 0.6 is 0 Å². The maximum absolute atomic E-state index is 13.0. The Balaban J connectivity index is 1.63. The maximum Gasteiger partial charge on any atom is 0.244 e. The van der Waals surface area contributed by atoms with Gasteiger partial charge in [-0.15, -0.1) is 0 Å². The Morgan fingerprint density at radius 2 is 2.12 bits per heavy atom. The van der Waals surface area contributed by atoms with Gasteiger partial charge in [-0.2, -0.15) is 4.31 Å². The molecule has 0 saturated carbocycles. The number of carbonyl (C=O) groups excluding carboxylic acids is 1. The summed E-state index contributed by atoms with van der Waals surface area (Å²) in [6, 6.07) is 3.47. The molecule has 1 aromatic rings. The molecule has 0 spiro atoms. The molecule has 1 atom stereocenters. The molecule has 2 aliphatic heterocycles. The first-order valence-electron chi connectivity index (χ1n) is 9.45. The van der Waals surface area contributed by atoms with Crippen molar-refractivity contribution in [2.75, 3.05) is 32.7 Å². The van der Waals surface area contributed by atoms with E-state index in [1.165, 1.54) is 10.5 Å². The van der Waals surface area contributed by atoms with Crippen molar-refractivity contribution in [2.24, 2.45) is 5.92 Å². The van der Waals surface area contributed by atoms with Crippen LogP contribution in [0.25, 0.3) is 0 Å². The number of amides is 1. The summed E-state index contributed by atoms with van der Waals surface area (Å²) >= 11 is 0. The Kier molecular flexibility index (Phi) is 6.26. The van der Waals surface area contributed by atoms with Crippen molar-refractivity contribution in [1.29, 1.82) is 0 Å². The number of piperidine rings is 1. The van der Waals surface area contributed by atoms with E-state index in [1.54, 1.807) is 18.3 Å². The second kappa shape index (κ2) is 8.45. The molecule has 2 fully saturated rings. The Morgan fingerprint density at radius 1 is 1.35 bits per heavy atom. The average molecular weight is 381 g/mol. The minimum atomic E-state index is -3.52. The molecule has 144 valence electrons. The molecule has 1 amide bonds. The van der Waals surface area contributed by atoms with Gasteiger partial charge in [0.25, 0.3) is 0 Å². The van der Waals surface area contributed by atoms with E-state index in [0.717, 1.165) is 32.5 Å². The van der Waals surface area contributed by atoms with Crippen LogP contribution in [0.4, 0.5) is 0 Å². The molecule has 26 heavy (non-hydrogen) atoms. The van der Waals surface area contributed by atoms with E-state index in [4.69, 9.17) is 0 Å². The van der Waals surface area contributed by atoms with E-state index < -0.39 is 10.0 Å². The average Bonchev–Trinajstić information content (AvgIpc) is 3.21. The molecule has 1 N–H and O–H groups in total. The van der Waals surface area contributed by atoms with E-state index in [2.05, 4.69) is 17.2 Å². The van der Waals surface area contributed by atoms with Gasteiger partial charge in [-0.25, -0.2) is 8.42 Å². The van der Waals surface area contributed by atoms with Gasteiger partial charge in [0.15, 0.2) is 0 Å². The second-order valence-electron chi connectivity index (χ2n) is 7.05. The van der Waals surface area contributed by atoms with E-state index in [9.17, 15) is 13.2 Å². The van der Waals surface area contributed by atoms with Gasteiger partial charge in [0.2, 0.25) is 15.9 Å². The smallest absolute Gasteiger partial charge is 0.244 e. The SMILES string of the molecule is CCCN(C(=O)C1CCN(S(=O)(=O)c2cccnc2)CC1)C1CCNC1. The van der Waals surface area contributed by atoms with Crippen LogP contribution in [0.15, 0.2) is 29.4 Å². The fraction of sp³-hybridized carbons (Fsp3) is 0.667. The van der Waals surface area contributed by atoms with Crippen LogP contribution in [0.1, 0.15) is 32.6 Å². The highest BCUT2D eigenvalue weighted by Crippen LogP contribution is 2.26. The monoisotopic (exact) mass is 380 g/mol. The van der Waals surface area contributed by atoms with E-state index in [1.807, 2.05) is 4.90 Å². The summed E-state index contributed by atoms with van der Waals surface area (Å²) in [5, 5.41) is 3.33. The molecule has 2 aliphatic rings. The molecule has 1 aromatic heterocycles. The van der Waals surface area contributed by atoms with Gasteiger partial charge >= 0.3 is 0 Å². The van der Waals surface area contributed by atoms with Crippen molar-refractivity contribution in [1.82, 2.24) is 19.5 Å². The lowest BCUT2D eigenvalue weighted by molar-refractivity contribution is -0.138. The summed E-state index contributed by atoms with van der Waals surface area (Å²) in [5.74, 6) is 0.112. The molecule has 3 heterocycles. The number of carbonyl (C=O) groups is 1.